The van der Waals surface area contributed by atoms with Crippen molar-refractivity contribution in [3.05, 3.63) is 29.8 Å². The zero-order valence-corrected chi connectivity index (χ0v) is 7.10. The predicted molar refractivity (Wildman–Crippen MR) is 45.2 cm³/mol. The number of ether oxygens (including phenoxy) is 1. The fraction of sp³-hybridized carbons (Fsp3) is 0.222. The maximum Gasteiger partial charge on any atom is 0.340 e. The Labute approximate surface area is 75.4 Å². The molecule has 0 aliphatic rings. The van der Waals surface area contributed by atoms with E-state index in [9.17, 15) is 4.79 Å². The molecule has 0 heterocycles. The fourth-order valence-electron chi connectivity index (χ4n) is 0.820. The van der Waals surface area contributed by atoms with Crippen molar-refractivity contribution in [3.63, 3.8) is 0 Å². The number of aliphatic hydroxyl groups is 1. The molecule has 4 heteroatoms. The molecule has 0 aromatic heterocycles. The number of phenolic OH excluding ortho intramolecular Hbond substituents is 1. The Morgan fingerprint density at radius 2 is 1.92 bits per heavy atom. The maximum atomic E-state index is 11.1. The minimum Gasteiger partial charge on any atom is -0.508 e. The Balaban J connectivity index is 2.72. The normalized spacial score (nSPS) is 12.2. The van der Waals surface area contributed by atoms with Crippen LogP contribution in [0, 0.1) is 0 Å². The van der Waals surface area contributed by atoms with E-state index >= 15 is 0 Å². The molecule has 0 fully saturated rings. The summed E-state index contributed by atoms with van der Waals surface area (Å²) in [5.74, 6) is -0.538. The second kappa shape index (κ2) is 3.91. The van der Waals surface area contributed by atoms with Crippen molar-refractivity contribution < 1.29 is 19.7 Å². The van der Waals surface area contributed by atoms with Gasteiger partial charge in [-0.15, -0.1) is 0 Å². The van der Waals surface area contributed by atoms with Crippen LogP contribution in [0.4, 0.5) is 0 Å². The lowest BCUT2D eigenvalue weighted by molar-refractivity contribution is -0.0523. The molecule has 1 unspecified atom stereocenters. The molecule has 0 aliphatic carbocycles. The summed E-state index contributed by atoms with van der Waals surface area (Å²) in [6.45, 7) is 1.35. The van der Waals surface area contributed by atoms with Crippen molar-refractivity contribution in [1.82, 2.24) is 0 Å². The third-order valence-electron chi connectivity index (χ3n) is 1.38. The summed E-state index contributed by atoms with van der Waals surface area (Å²) in [5, 5.41) is 17.7. The fourth-order valence-corrected chi connectivity index (χ4v) is 0.820. The highest BCUT2D eigenvalue weighted by molar-refractivity contribution is 5.89. The number of aromatic hydroxyl groups is 1. The number of carbonyl (C=O) groups is 1. The van der Waals surface area contributed by atoms with Crippen LogP contribution >= 0.6 is 0 Å². The zero-order chi connectivity index (χ0) is 9.84. The topological polar surface area (TPSA) is 66.8 Å². The van der Waals surface area contributed by atoms with Crippen LogP contribution in [-0.2, 0) is 4.74 Å². The number of carbonyl (C=O) groups excluding carboxylic acids is 1. The van der Waals surface area contributed by atoms with Crippen LogP contribution < -0.4 is 0 Å². The number of benzene rings is 1. The molecule has 2 N–H and O–H groups in total. The second-order valence-corrected chi connectivity index (χ2v) is 2.55. The summed E-state index contributed by atoms with van der Waals surface area (Å²) >= 11 is 0. The number of hydrogen-bond donors (Lipinski definition) is 2. The highest BCUT2D eigenvalue weighted by Gasteiger charge is 2.08. The van der Waals surface area contributed by atoms with E-state index < -0.39 is 12.3 Å². The third-order valence-corrected chi connectivity index (χ3v) is 1.38. The van der Waals surface area contributed by atoms with Gasteiger partial charge < -0.3 is 14.9 Å². The second-order valence-electron chi connectivity index (χ2n) is 2.55. The first kappa shape index (κ1) is 9.54. The molecular weight excluding hydrogens is 172 g/mol. The molecular formula is C9H10O4. The average Bonchev–Trinajstić information content (AvgIpc) is 2.04. The lowest BCUT2D eigenvalue weighted by Gasteiger charge is -2.06. The average molecular weight is 182 g/mol. The number of esters is 1. The van der Waals surface area contributed by atoms with Crippen molar-refractivity contribution in [2.24, 2.45) is 0 Å². The van der Waals surface area contributed by atoms with Gasteiger partial charge in [-0.3, -0.25) is 0 Å². The maximum absolute atomic E-state index is 11.1. The summed E-state index contributed by atoms with van der Waals surface area (Å²) in [6, 6.07) is 5.58. The van der Waals surface area contributed by atoms with Crippen molar-refractivity contribution in [2.75, 3.05) is 0 Å². The quantitative estimate of drug-likeness (QED) is 0.526. The predicted octanol–water partition coefficient (Wildman–Crippen LogP) is 0.887. The van der Waals surface area contributed by atoms with Gasteiger partial charge in [0, 0.05) is 0 Å². The van der Waals surface area contributed by atoms with Crippen molar-refractivity contribution >= 4 is 5.97 Å². The molecule has 0 amide bonds. The summed E-state index contributed by atoms with van der Waals surface area (Å²) in [6.07, 6.45) is -1.12. The molecule has 4 nitrogen and oxygen atoms in total. The number of phenols is 1. The van der Waals surface area contributed by atoms with Crippen LogP contribution in [0.25, 0.3) is 0 Å². The van der Waals surface area contributed by atoms with E-state index in [1.54, 1.807) is 0 Å². The Morgan fingerprint density at radius 3 is 2.38 bits per heavy atom. The van der Waals surface area contributed by atoms with Gasteiger partial charge in [-0.1, -0.05) is 0 Å². The summed E-state index contributed by atoms with van der Waals surface area (Å²) in [4.78, 5) is 11.1. The third kappa shape index (κ3) is 2.76. The summed E-state index contributed by atoms with van der Waals surface area (Å²) in [7, 11) is 0. The molecule has 0 aliphatic heterocycles. The molecule has 13 heavy (non-hydrogen) atoms. The molecule has 0 spiro atoms. The first-order valence-corrected chi connectivity index (χ1v) is 3.77. The zero-order valence-electron chi connectivity index (χ0n) is 7.10. The minimum absolute atomic E-state index is 0.0774. The Kier molecular flexibility index (Phi) is 2.87. The smallest absolute Gasteiger partial charge is 0.340 e. The summed E-state index contributed by atoms with van der Waals surface area (Å²) < 4.78 is 4.51. The Bertz CT molecular complexity index is 289. The first-order valence-electron chi connectivity index (χ1n) is 3.77. The lowest BCUT2D eigenvalue weighted by atomic mass is 10.2. The van der Waals surface area contributed by atoms with Gasteiger partial charge in [0.05, 0.1) is 5.56 Å². The van der Waals surface area contributed by atoms with Crippen LogP contribution in [0.5, 0.6) is 5.75 Å². The lowest BCUT2D eigenvalue weighted by Crippen LogP contribution is -2.13. The monoisotopic (exact) mass is 182 g/mol. The summed E-state index contributed by atoms with van der Waals surface area (Å²) in [5.41, 5.74) is 0.290. The van der Waals surface area contributed by atoms with Gasteiger partial charge in [0.25, 0.3) is 0 Å². The van der Waals surface area contributed by atoms with E-state index in [4.69, 9.17) is 10.2 Å². The Hall–Kier alpha value is -1.55. The molecule has 1 atom stereocenters. The molecule has 0 radical (unpaired) electrons. The number of rotatable bonds is 2. The standard InChI is InChI=1S/C9H10O4/c1-6(10)13-9(12)7-2-4-8(11)5-3-7/h2-6,10-11H,1H3. The molecule has 1 aromatic carbocycles. The van der Waals surface area contributed by atoms with E-state index in [0.717, 1.165) is 0 Å². The van der Waals surface area contributed by atoms with Gasteiger partial charge >= 0.3 is 5.97 Å². The van der Waals surface area contributed by atoms with Crippen LogP contribution in [0.1, 0.15) is 17.3 Å². The minimum atomic E-state index is -1.12. The molecule has 0 bridgehead atoms. The largest absolute Gasteiger partial charge is 0.508 e. The van der Waals surface area contributed by atoms with E-state index in [0.29, 0.717) is 5.56 Å². The number of hydrogen-bond acceptors (Lipinski definition) is 4. The van der Waals surface area contributed by atoms with Gasteiger partial charge in [-0.25, -0.2) is 4.79 Å². The van der Waals surface area contributed by atoms with Crippen LogP contribution in [-0.4, -0.2) is 22.5 Å². The SMILES string of the molecule is CC(O)OC(=O)c1ccc(O)cc1. The van der Waals surface area contributed by atoms with Gasteiger partial charge in [0.2, 0.25) is 0 Å². The number of aliphatic hydroxyl groups excluding tert-OH is 1. The van der Waals surface area contributed by atoms with Crippen molar-refractivity contribution in [3.8, 4) is 5.75 Å². The van der Waals surface area contributed by atoms with E-state index in [1.165, 1.54) is 31.2 Å². The molecule has 0 saturated heterocycles. The highest BCUT2D eigenvalue weighted by Crippen LogP contribution is 2.10. The van der Waals surface area contributed by atoms with Crippen LogP contribution in [0.2, 0.25) is 0 Å². The van der Waals surface area contributed by atoms with Gasteiger partial charge in [0.15, 0.2) is 6.29 Å². The molecule has 1 aromatic rings. The first-order chi connectivity index (χ1) is 6.09. The van der Waals surface area contributed by atoms with Crippen LogP contribution in [0.3, 0.4) is 0 Å². The molecule has 0 saturated carbocycles. The van der Waals surface area contributed by atoms with Crippen molar-refractivity contribution in [1.29, 1.82) is 0 Å². The van der Waals surface area contributed by atoms with Crippen molar-refractivity contribution in [2.45, 2.75) is 13.2 Å². The van der Waals surface area contributed by atoms with E-state index in [2.05, 4.69) is 4.74 Å². The van der Waals surface area contributed by atoms with Gasteiger partial charge in [-0.2, -0.15) is 0 Å². The highest BCUT2D eigenvalue weighted by atomic mass is 16.6. The Morgan fingerprint density at radius 1 is 1.38 bits per heavy atom. The van der Waals surface area contributed by atoms with Gasteiger partial charge in [0.1, 0.15) is 5.75 Å². The molecule has 70 valence electrons. The molecule has 1 rings (SSSR count). The van der Waals surface area contributed by atoms with Crippen LogP contribution in [0.15, 0.2) is 24.3 Å². The van der Waals surface area contributed by atoms with E-state index in [1.807, 2.05) is 0 Å². The van der Waals surface area contributed by atoms with Gasteiger partial charge in [-0.05, 0) is 31.2 Å². The van der Waals surface area contributed by atoms with E-state index in [-0.39, 0.29) is 5.75 Å².